The van der Waals surface area contributed by atoms with Gasteiger partial charge in [-0.25, -0.2) is 0 Å². The number of aliphatic hydroxyl groups excluding tert-OH is 1. The molecular formula is C14H26N2O. The van der Waals surface area contributed by atoms with Gasteiger partial charge in [-0.2, -0.15) is 0 Å². The van der Waals surface area contributed by atoms with Gasteiger partial charge in [0, 0.05) is 31.7 Å². The van der Waals surface area contributed by atoms with Gasteiger partial charge < -0.3 is 5.11 Å². The molecule has 2 saturated heterocycles. The summed E-state index contributed by atoms with van der Waals surface area (Å²) in [6, 6.07) is 1.23. The summed E-state index contributed by atoms with van der Waals surface area (Å²) in [5, 5.41) is 10.2. The van der Waals surface area contributed by atoms with Gasteiger partial charge in [0.15, 0.2) is 0 Å². The summed E-state index contributed by atoms with van der Waals surface area (Å²) in [5.41, 5.74) is 0. The van der Waals surface area contributed by atoms with Gasteiger partial charge in [-0.3, -0.25) is 9.80 Å². The van der Waals surface area contributed by atoms with E-state index in [4.69, 9.17) is 0 Å². The number of hydrogen-bond acceptors (Lipinski definition) is 3. The molecule has 0 aromatic heterocycles. The lowest BCUT2D eigenvalue weighted by Crippen LogP contribution is -2.57. The van der Waals surface area contributed by atoms with Crippen LogP contribution in [0.4, 0.5) is 0 Å². The van der Waals surface area contributed by atoms with Crippen LogP contribution in [-0.4, -0.2) is 59.3 Å². The largest absolute Gasteiger partial charge is 0.391 e. The SMILES string of the molecule is CC1CCC(O)C(N2CCN3CCCC3C2)C1. The lowest BCUT2D eigenvalue weighted by atomic mass is 9.83. The number of hydrogen-bond donors (Lipinski definition) is 1. The van der Waals surface area contributed by atoms with Crippen molar-refractivity contribution in [2.75, 3.05) is 26.2 Å². The van der Waals surface area contributed by atoms with Gasteiger partial charge in [0.25, 0.3) is 0 Å². The highest BCUT2D eigenvalue weighted by Gasteiger charge is 2.37. The standard InChI is InChI=1S/C14H26N2O/c1-11-4-5-14(17)13(9-11)16-8-7-15-6-2-3-12(15)10-16/h11-14,17H,2-10H2,1H3. The number of nitrogens with zero attached hydrogens (tertiary/aromatic N) is 2. The lowest BCUT2D eigenvalue weighted by molar-refractivity contribution is -0.0238. The van der Waals surface area contributed by atoms with E-state index >= 15 is 0 Å². The number of piperazine rings is 1. The summed E-state index contributed by atoms with van der Waals surface area (Å²) >= 11 is 0. The summed E-state index contributed by atoms with van der Waals surface area (Å²) in [6.07, 6.45) is 6.10. The zero-order chi connectivity index (χ0) is 11.8. The first-order chi connectivity index (χ1) is 8.24. The van der Waals surface area contributed by atoms with Crippen LogP contribution in [-0.2, 0) is 0 Å². The van der Waals surface area contributed by atoms with Crippen LogP contribution in [0.3, 0.4) is 0 Å². The monoisotopic (exact) mass is 238 g/mol. The fourth-order valence-electron chi connectivity index (χ4n) is 4.04. The molecule has 3 nitrogen and oxygen atoms in total. The van der Waals surface area contributed by atoms with E-state index < -0.39 is 0 Å². The molecule has 1 aliphatic carbocycles. The van der Waals surface area contributed by atoms with Crippen molar-refractivity contribution in [3.8, 4) is 0 Å². The van der Waals surface area contributed by atoms with E-state index in [1.807, 2.05) is 0 Å². The molecule has 4 unspecified atom stereocenters. The minimum absolute atomic E-state index is 0.0702. The van der Waals surface area contributed by atoms with Crippen molar-refractivity contribution in [2.45, 2.75) is 57.2 Å². The van der Waals surface area contributed by atoms with E-state index in [-0.39, 0.29) is 6.10 Å². The van der Waals surface area contributed by atoms with Gasteiger partial charge in [-0.1, -0.05) is 6.92 Å². The van der Waals surface area contributed by atoms with Gasteiger partial charge in [-0.05, 0) is 44.6 Å². The Bertz CT molecular complexity index is 271. The molecule has 0 aromatic carbocycles. The molecule has 17 heavy (non-hydrogen) atoms. The van der Waals surface area contributed by atoms with E-state index in [2.05, 4.69) is 16.7 Å². The molecule has 0 spiro atoms. The second-order valence-electron chi connectivity index (χ2n) is 6.38. The lowest BCUT2D eigenvalue weighted by Gasteiger charge is -2.45. The van der Waals surface area contributed by atoms with Crippen molar-refractivity contribution in [1.29, 1.82) is 0 Å². The maximum atomic E-state index is 10.2. The smallest absolute Gasteiger partial charge is 0.0695 e. The van der Waals surface area contributed by atoms with Gasteiger partial charge >= 0.3 is 0 Å². The Hall–Kier alpha value is -0.120. The molecule has 2 aliphatic heterocycles. The van der Waals surface area contributed by atoms with Gasteiger partial charge in [0.2, 0.25) is 0 Å². The second-order valence-corrected chi connectivity index (χ2v) is 6.38. The maximum absolute atomic E-state index is 10.2. The van der Waals surface area contributed by atoms with Crippen molar-refractivity contribution >= 4 is 0 Å². The fraction of sp³-hybridized carbons (Fsp3) is 1.00. The Balaban J connectivity index is 1.63. The molecule has 3 heteroatoms. The summed E-state index contributed by atoms with van der Waals surface area (Å²) in [6.45, 7) is 7.24. The highest BCUT2D eigenvalue weighted by Crippen LogP contribution is 2.31. The number of rotatable bonds is 1. The third kappa shape index (κ3) is 2.38. The predicted molar refractivity (Wildman–Crippen MR) is 69.0 cm³/mol. The third-order valence-electron chi connectivity index (χ3n) is 5.13. The van der Waals surface area contributed by atoms with E-state index in [0.717, 1.165) is 18.4 Å². The van der Waals surface area contributed by atoms with Crippen LogP contribution in [0.2, 0.25) is 0 Å². The van der Waals surface area contributed by atoms with Gasteiger partial charge in [0.1, 0.15) is 0 Å². The normalized spacial score (nSPS) is 44.8. The quantitative estimate of drug-likeness (QED) is 0.746. The fourth-order valence-corrected chi connectivity index (χ4v) is 4.04. The molecule has 2 heterocycles. The molecule has 1 N–H and O–H groups in total. The first-order valence-electron chi connectivity index (χ1n) is 7.40. The van der Waals surface area contributed by atoms with Crippen molar-refractivity contribution < 1.29 is 5.11 Å². The predicted octanol–water partition coefficient (Wildman–Crippen LogP) is 1.32. The minimum atomic E-state index is -0.0702. The summed E-state index contributed by atoms with van der Waals surface area (Å²) in [5.74, 6) is 0.796. The average Bonchev–Trinajstić information content (AvgIpc) is 2.79. The number of aliphatic hydroxyl groups is 1. The first-order valence-corrected chi connectivity index (χ1v) is 7.40. The molecule has 0 radical (unpaired) electrons. The van der Waals surface area contributed by atoms with E-state index in [1.165, 1.54) is 51.9 Å². The Morgan fingerprint density at radius 2 is 1.82 bits per heavy atom. The van der Waals surface area contributed by atoms with Gasteiger partial charge in [0.05, 0.1) is 6.10 Å². The van der Waals surface area contributed by atoms with Crippen LogP contribution in [0.5, 0.6) is 0 Å². The molecule has 3 fully saturated rings. The van der Waals surface area contributed by atoms with Crippen LogP contribution >= 0.6 is 0 Å². The van der Waals surface area contributed by atoms with Crippen LogP contribution < -0.4 is 0 Å². The van der Waals surface area contributed by atoms with Gasteiger partial charge in [-0.15, -0.1) is 0 Å². The Kier molecular flexibility index (Phi) is 3.42. The molecule has 0 bridgehead atoms. The van der Waals surface area contributed by atoms with Crippen LogP contribution in [0.25, 0.3) is 0 Å². The highest BCUT2D eigenvalue weighted by molar-refractivity contribution is 4.93. The van der Waals surface area contributed by atoms with Crippen LogP contribution in [0, 0.1) is 5.92 Å². The van der Waals surface area contributed by atoms with Crippen LogP contribution in [0.1, 0.15) is 39.0 Å². The first kappa shape index (κ1) is 11.9. The van der Waals surface area contributed by atoms with E-state index in [9.17, 15) is 5.11 Å². The van der Waals surface area contributed by atoms with Crippen molar-refractivity contribution in [3.63, 3.8) is 0 Å². The number of fused-ring (bicyclic) bond motifs is 1. The molecule has 3 aliphatic rings. The molecule has 0 aromatic rings. The average molecular weight is 238 g/mol. The molecule has 98 valence electrons. The second kappa shape index (κ2) is 4.87. The molecule has 0 amide bonds. The van der Waals surface area contributed by atoms with Crippen molar-refractivity contribution in [2.24, 2.45) is 5.92 Å². The Labute approximate surface area is 105 Å². The molecule has 4 atom stereocenters. The maximum Gasteiger partial charge on any atom is 0.0695 e. The topological polar surface area (TPSA) is 26.7 Å². The van der Waals surface area contributed by atoms with E-state index in [1.54, 1.807) is 0 Å². The molecular weight excluding hydrogens is 212 g/mol. The minimum Gasteiger partial charge on any atom is -0.391 e. The summed E-state index contributed by atoms with van der Waals surface area (Å²) in [7, 11) is 0. The zero-order valence-electron chi connectivity index (χ0n) is 11.0. The molecule has 3 rings (SSSR count). The Morgan fingerprint density at radius 3 is 2.71 bits per heavy atom. The summed E-state index contributed by atoms with van der Waals surface area (Å²) < 4.78 is 0. The van der Waals surface area contributed by atoms with E-state index in [0.29, 0.717) is 6.04 Å². The Morgan fingerprint density at radius 1 is 1.00 bits per heavy atom. The van der Waals surface area contributed by atoms with Crippen molar-refractivity contribution in [1.82, 2.24) is 9.80 Å². The van der Waals surface area contributed by atoms with Crippen LogP contribution in [0.15, 0.2) is 0 Å². The highest BCUT2D eigenvalue weighted by atomic mass is 16.3. The molecule has 1 saturated carbocycles. The van der Waals surface area contributed by atoms with Crippen molar-refractivity contribution in [3.05, 3.63) is 0 Å². The zero-order valence-corrected chi connectivity index (χ0v) is 11.0. The summed E-state index contributed by atoms with van der Waals surface area (Å²) in [4.78, 5) is 5.24. The third-order valence-corrected chi connectivity index (χ3v) is 5.13.